The van der Waals surface area contributed by atoms with Crippen LogP contribution in [-0.4, -0.2) is 32.0 Å². The second kappa shape index (κ2) is 7.35. The number of halogens is 1. The third kappa shape index (κ3) is 4.69. The van der Waals surface area contributed by atoms with Gasteiger partial charge in [-0.05, 0) is 36.1 Å². The molecule has 1 unspecified atom stereocenters. The fraction of sp³-hybridized carbons (Fsp3) is 0.417. The molecular weight excluding hydrogens is 319 g/mol. The van der Waals surface area contributed by atoms with Crippen molar-refractivity contribution in [2.75, 3.05) is 18.6 Å². The summed E-state index contributed by atoms with van der Waals surface area (Å²) >= 11 is 6.34. The fourth-order valence-electron chi connectivity index (χ4n) is 1.54. The van der Waals surface area contributed by atoms with Crippen LogP contribution in [0.2, 0.25) is 0 Å². The molecule has 8 heteroatoms. The van der Waals surface area contributed by atoms with E-state index in [2.05, 4.69) is 4.72 Å². The lowest BCUT2D eigenvalue weighted by atomic mass is 10.2. The van der Waals surface area contributed by atoms with Crippen LogP contribution in [0.3, 0.4) is 0 Å². The number of thioether (sulfide) groups is 1. The van der Waals surface area contributed by atoms with Crippen molar-refractivity contribution in [3.63, 3.8) is 0 Å². The summed E-state index contributed by atoms with van der Waals surface area (Å²) in [6, 6.07) is 3.40. The maximum atomic E-state index is 13.4. The van der Waals surface area contributed by atoms with Gasteiger partial charge in [-0.15, -0.1) is 0 Å². The van der Waals surface area contributed by atoms with Crippen molar-refractivity contribution < 1.29 is 12.8 Å². The summed E-state index contributed by atoms with van der Waals surface area (Å²) in [4.78, 5) is -0.214. The Bertz CT molecular complexity index is 590. The predicted molar refractivity (Wildman–Crippen MR) is 85.0 cm³/mol. The molecule has 3 N–H and O–H groups in total. The first-order valence-electron chi connectivity index (χ1n) is 5.86. The first kappa shape index (κ1) is 17.4. The molecule has 1 aromatic carbocycles. The standard InChI is InChI=1S/C12H17FN2O2S3/c1-8(7-19-2)6-15-20(16,17)9-3-4-11(13)10(5-9)12(14)18/h3-5,8,15H,6-7H2,1-2H3,(H2,14,18). The van der Waals surface area contributed by atoms with Crippen molar-refractivity contribution in [2.24, 2.45) is 11.7 Å². The zero-order valence-corrected chi connectivity index (χ0v) is 13.7. The summed E-state index contributed by atoms with van der Waals surface area (Å²) in [6.07, 6.45) is 1.96. The number of hydrogen-bond acceptors (Lipinski definition) is 4. The molecule has 112 valence electrons. The molecule has 0 saturated heterocycles. The van der Waals surface area contributed by atoms with E-state index in [0.29, 0.717) is 6.54 Å². The van der Waals surface area contributed by atoms with Gasteiger partial charge in [0, 0.05) is 12.1 Å². The molecule has 0 radical (unpaired) electrons. The number of rotatable bonds is 7. The first-order valence-corrected chi connectivity index (χ1v) is 9.14. The summed E-state index contributed by atoms with van der Waals surface area (Å²) in [7, 11) is -3.69. The Kier molecular flexibility index (Phi) is 6.38. The topological polar surface area (TPSA) is 72.2 Å². The van der Waals surface area contributed by atoms with E-state index < -0.39 is 15.8 Å². The lowest BCUT2D eigenvalue weighted by molar-refractivity contribution is 0.562. The quantitative estimate of drug-likeness (QED) is 0.742. The van der Waals surface area contributed by atoms with E-state index in [1.54, 1.807) is 11.8 Å². The summed E-state index contributed by atoms with van der Waals surface area (Å²) in [5, 5.41) is 0. The Morgan fingerprint density at radius 1 is 1.55 bits per heavy atom. The number of nitrogens with two attached hydrogens (primary N) is 1. The zero-order valence-electron chi connectivity index (χ0n) is 11.2. The monoisotopic (exact) mass is 336 g/mol. The van der Waals surface area contributed by atoms with Crippen LogP contribution in [0.25, 0.3) is 0 Å². The molecule has 0 bridgehead atoms. The van der Waals surface area contributed by atoms with Gasteiger partial charge in [0.05, 0.1) is 4.90 Å². The van der Waals surface area contributed by atoms with Crippen molar-refractivity contribution in [1.29, 1.82) is 0 Å². The highest BCUT2D eigenvalue weighted by molar-refractivity contribution is 7.98. The molecule has 0 aliphatic carbocycles. The first-order chi connectivity index (χ1) is 9.27. The minimum absolute atomic E-state index is 0.0435. The Labute approximate surface area is 128 Å². The lowest BCUT2D eigenvalue weighted by Crippen LogP contribution is -2.29. The number of thiocarbonyl (C=S) groups is 1. The predicted octanol–water partition coefficient (Wildman–Crippen LogP) is 1.74. The highest BCUT2D eigenvalue weighted by Crippen LogP contribution is 2.15. The van der Waals surface area contributed by atoms with E-state index >= 15 is 0 Å². The Morgan fingerprint density at radius 2 is 2.20 bits per heavy atom. The van der Waals surface area contributed by atoms with E-state index in [1.807, 2.05) is 13.2 Å². The van der Waals surface area contributed by atoms with Crippen LogP contribution >= 0.6 is 24.0 Å². The molecule has 20 heavy (non-hydrogen) atoms. The lowest BCUT2D eigenvalue weighted by Gasteiger charge is -2.12. The minimum Gasteiger partial charge on any atom is -0.389 e. The molecule has 1 atom stereocenters. The SMILES string of the molecule is CSCC(C)CNS(=O)(=O)c1ccc(F)c(C(N)=S)c1. The molecule has 4 nitrogen and oxygen atoms in total. The fourth-order valence-corrected chi connectivity index (χ4v) is 3.57. The normalized spacial score (nSPS) is 13.2. The van der Waals surface area contributed by atoms with Crippen LogP contribution in [0.15, 0.2) is 23.1 Å². The number of hydrogen-bond donors (Lipinski definition) is 2. The average Bonchev–Trinajstić information content (AvgIpc) is 2.37. The van der Waals surface area contributed by atoms with Gasteiger partial charge in [-0.3, -0.25) is 0 Å². The Morgan fingerprint density at radius 3 is 2.75 bits per heavy atom. The van der Waals surface area contributed by atoms with E-state index in [0.717, 1.165) is 17.9 Å². The third-order valence-electron chi connectivity index (χ3n) is 2.59. The van der Waals surface area contributed by atoms with E-state index in [-0.39, 0.29) is 21.4 Å². The van der Waals surface area contributed by atoms with Gasteiger partial charge in [-0.2, -0.15) is 11.8 Å². The zero-order chi connectivity index (χ0) is 15.3. The van der Waals surface area contributed by atoms with Crippen molar-refractivity contribution in [2.45, 2.75) is 11.8 Å². The van der Waals surface area contributed by atoms with Crippen LogP contribution in [0.1, 0.15) is 12.5 Å². The molecule has 0 amide bonds. The Hall–Kier alpha value is -0.700. The van der Waals surface area contributed by atoms with Crippen LogP contribution < -0.4 is 10.5 Å². The molecule has 1 aromatic rings. The van der Waals surface area contributed by atoms with Crippen molar-refractivity contribution in [1.82, 2.24) is 4.72 Å². The summed E-state index contributed by atoms with van der Waals surface area (Å²) in [5.41, 5.74) is 5.29. The van der Waals surface area contributed by atoms with Gasteiger partial charge in [-0.25, -0.2) is 17.5 Å². The van der Waals surface area contributed by atoms with E-state index in [1.165, 1.54) is 6.07 Å². The van der Waals surface area contributed by atoms with Gasteiger partial charge >= 0.3 is 0 Å². The van der Waals surface area contributed by atoms with E-state index in [9.17, 15) is 12.8 Å². The van der Waals surface area contributed by atoms with Crippen molar-refractivity contribution in [3.05, 3.63) is 29.6 Å². The van der Waals surface area contributed by atoms with Gasteiger partial charge < -0.3 is 5.73 Å². The molecule has 0 aromatic heterocycles. The number of benzene rings is 1. The second-order valence-electron chi connectivity index (χ2n) is 4.42. The van der Waals surface area contributed by atoms with Crippen LogP contribution in [0, 0.1) is 11.7 Å². The van der Waals surface area contributed by atoms with E-state index in [4.69, 9.17) is 18.0 Å². The van der Waals surface area contributed by atoms with Crippen molar-refractivity contribution in [3.8, 4) is 0 Å². The van der Waals surface area contributed by atoms with Gasteiger partial charge in [0.2, 0.25) is 10.0 Å². The maximum absolute atomic E-state index is 13.4. The summed E-state index contributed by atoms with van der Waals surface area (Å²) in [5.74, 6) is 0.423. The van der Waals surface area contributed by atoms with Crippen molar-refractivity contribution >= 4 is 39.0 Å². The van der Waals surface area contributed by atoms with Gasteiger partial charge in [-0.1, -0.05) is 19.1 Å². The largest absolute Gasteiger partial charge is 0.389 e. The smallest absolute Gasteiger partial charge is 0.240 e. The van der Waals surface area contributed by atoms with Gasteiger partial charge in [0.1, 0.15) is 10.8 Å². The number of sulfonamides is 1. The second-order valence-corrected chi connectivity index (χ2v) is 7.54. The highest BCUT2D eigenvalue weighted by Gasteiger charge is 2.17. The molecule has 0 fully saturated rings. The van der Waals surface area contributed by atoms with Crippen LogP contribution in [0.4, 0.5) is 4.39 Å². The third-order valence-corrected chi connectivity index (χ3v) is 5.13. The number of nitrogens with one attached hydrogen (secondary N) is 1. The molecular formula is C12H17FN2O2S3. The summed E-state index contributed by atoms with van der Waals surface area (Å²) < 4.78 is 40.1. The highest BCUT2D eigenvalue weighted by atomic mass is 32.2. The molecule has 0 saturated carbocycles. The summed E-state index contributed by atoms with van der Waals surface area (Å²) in [6.45, 7) is 2.27. The van der Waals surface area contributed by atoms with Gasteiger partial charge in [0.25, 0.3) is 0 Å². The molecule has 0 heterocycles. The maximum Gasteiger partial charge on any atom is 0.240 e. The Balaban J connectivity index is 2.93. The molecule has 1 rings (SSSR count). The molecule has 0 aliphatic rings. The van der Waals surface area contributed by atoms with Gasteiger partial charge in [0.15, 0.2) is 0 Å². The minimum atomic E-state index is -3.69. The van der Waals surface area contributed by atoms with Crippen LogP contribution in [-0.2, 0) is 10.0 Å². The average molecular weight is 336 g/mol. The molecule has 0 spiro atoms. The molecule has 0 aliphatic heterocycles. The van der Waals surface area contributed by atoms with Crippen LogP contribution in [0.5, 0.6) is 0 Å².